The molecule has 5 nitrogen and oxygen atoms in total. The Balaban J connectivity index is 2.41. The van der Waals surface area contributed by atoms with Crippen LogP contribution in [-0.2, 0) is 0 Å². The second-order valence-electron chi connectivity index (χ2n) is 2.60. The molecule has 1 heterocycles. The second kappa shape index (κ2) is 7.14. The zero-order valence-electron chi connectivity index (χ0n) is 8.73. The maximum Gasteiger partial charge on any atom is 0.322 e. The molecule has 1 rings (SSSR count). The van der Waals surface area contributed by atoms with E-state index < -0.39 is 0 Å². The molecule has 0 aliphatic carbocycles. The van der Waals surface area contributed by atoms with Crippen LogP contribution in [0.5, 0.6) is 6.01 Å². The zero-order valence-corrected chi connectivity index (χ0v) is 10.3. The molecule has 0 radical (unpaired) electrons. The van der Waals surface area contributed by atoms with Gasteiger partial charge in [0.2, 0.25) is 11.2 Å². The Bertz CT molecular complexity index is 382. The zero-order chi connectivity index (χ0) is 11.8. The number of hydrogen-bond donors (Lipinski definition) is 1. The highest BCUT2D eigenvalue weighted by molar-refractivity contribution is 7.99. The van der Waals surface area contributed by atoms with Crippen molar-refractivity contribution in [2.24, 2.45) is 0 Å². The van der Waals surface area contributed by atoms with Gasteiger partial charge in [-0.1, -0.05) is 5.92 Å². The van der Waals surface area contributed by atoms with Crippen LogP contribution >= 0.6 is 23.4 Å². The van der Waals surface area contributed by atoms with Gasteiger partial charge < -0.3 is 10.1 Å². The normalized spacial score (nSPS) is 9.56. The van der Waals surface area contributed by atoms with Crippen molar-refractivity contribution in [3.05, 3.63) is 5.28 Å². The molecule has 16 heavy (non-hydrogen) atoms. The Kier molecular flexibility index (Phi) is 5.75. The topological polar surface area (TPSA) is 59.9 Å². The lowest BCUT2D eigenvalue weighted by atomic mass is 10.7. The second-order valence-corrected chi connectivity index (χ2v) is 4.04. The van der Waals surface area contributed by atoms with Crippen LogP contribution in [0.2, 0.25) is 5.28 Å². The quantitative estimate of drug-likeness (QED) is 0.613. The van der Waals surface area contributed by atoms with Crippen molar-refractivity contribution in [1.82, 2.24) is 15.0 Å². The standard InChI is InChI=1S/C9H11ClN4OS/c1-3-5-16-6-4-11-8-12-7(10)13-9(14-8)15-2/h1H,4-6H2,2H3,(H,11,12,13,14). The monoisotopic (exact) mass is 258 g/mol. The van der Waals surface area contributed by atoms with Crippen molar-refractivity contribution in [3.63, 3.8) is 0 Å². The number of anilines is 1. The van der Waals surface area contributed by atoms with Gasteiger partial charge in [-0.2, -0.15) is 15.0 Å². The fraction of sp³-hybridized carbons (Fsp3) is 0.444. The minimum absolute atomic E-state index is 0.102. The number of halogens is 1. The van der Waals surface area contributed by atoms with Crippen LogP contribution in [0.25, 0.3) is 0 Å². The van der Waals surface area contributed by atoms with E-state index in [0.717, 1.165) is 5.75 Å². The smallest absolute Gasteiger partial charge is 0.322 e. The molecule has 0 aliphatic rings. The van der Waals surface area contributed by atoms with Gasteiger partial charge >= 0.3 is 6.01 Å². The number of aromatic nitrogens is 3. The number of thioether (sulfide) groups is 1. The minimum atomic E-state index is 0.102. The van der Waals surface area contributed by atoms with Crippen molar-refractivity contribution >= 4 is 29.3 Å². The van der Waals surface area contributed by atoms with E-state index in [1.807, 2.05) is 0 Å². The molecule has 0 saturated heterocycles. The molecule has 1 aromatic rings. The van der Waals surface area contributed by atoms with Crippen molar-refractivity contribution in [2.45, 2.75) is 0 Å². The summed E-state index contributed by atoms with van der Waals surface area (Å²) in [7, 11) is 1.47. The maximum atomic E-state index is 5.68. The van der Waals surface area contributed by atoms with Crippen LogP contribution < -0.4 is 10.1 Å². The first-order chi connectivity index (χ1) is 7.76. The molecule has 0 saturated carbocycles. The first kappa shape index (κ1) is 12.9. The van der Waals surface area contributed by atoms with Gasteiger partial charge in [-0.05, 0) is 11.6 Å². The number of nitrogens with zero attached hydrogens (tertiary/aromatic N) is 3. The number of ether oxygens (including phenoxy) is 1. The molecular weight excluding hydrogens is 248 g/mol. The third-order valence-corrected chi connectivity index (χ3v) is 2.52. The van der Waals surface area contributed by atoms with Gasteiger partial charge in [0.15, 0.2) is 0 Å². The molecule has 1 aromatic heterocycles. The summed E-state index contributed by atoms with van der Waals surface area (Å²) >= 11 is 7.33. The molecule has 0 unspecified atom stereocenters. The fourth-order valence-corrected chi connectivity index (χ4v) is 1.53. The van der Waals surface area contributed by atoms with Gasteiger partial charge in [0, 0.05) is 12.3 Å². The van der Waals surface area contributed by atoms with Crippen molar-refractivity contribution in [2.75, 3.05) is 30.5 Å². The molecule has 1 N–H and O–H groups in total. The summed E-state index contributed by atoms with van der Waals surface area (Å²) in [6.07, 6.45) is 5.12. The van der Waals surface area contributed by atoms with E-state index in [4.69, 9.17) is 22.8 Å². The summed E-state index contributed by atoms with van der Waals surface area (Å²) in [4.78, 5) is 11.6. The van der Waals surface area contributed by atoms with Gasteiger partial charge in [0.1, 0.15) is 0 Å². The van der Waals surface area contributed by atoms with E-state index in [-0.39, 0.29) is 11.3 Å². The first-order valence-corrected chi connectivity index (χ1v) is 6.00. The molecule has 0 amide bonds. The summed E-state index contributed by atoms with van der Waals surface area (Å²) < 4.78 is 4.86. The number of nitrogens with one attached hydrogen (secondary N) is 1. The SMILES string of the molecule is C#CCSCCNc1nc(Cl)nc(OC)n1. The van der Waals surface area contributed by atoms with Crippen LogP contribution in [-0.4, -0.2) is 40.1 Å². The molecule has 0 bridgehead atoms. The van der Waals surface area contributed by atoms with Gasteiger partial charge in [-0.3, -0.25) is 0 Å². The van der Waals surface area contributed by atoms with Crippen LogP contribution in [0.4, 0.5) is 5.95 Å². The highest BCUT2D eigenvalue weighted by atomic mass is 35.5. The maximum absolute atomic E-state index is 5.68. The lowest BCUT2D eigenvalue weighted by molar-refractivity contribution is 0.379. The minimum Gasteiger partial charge on any atom is -0.467 e. The average Bonchev–Trinajstić information content (AvgIpc) is 2.28. The van der Waals surface area contributed by atoms with Crippen LogP contribution in [0.1, 0.15) is 0 Å². The van der Waals surface area contributed by atoms with E-state index in [1.165, 1.54) is 7.11 Å². The van der Waals surface area contributed by atoms with Crippen molar-refractivity contribution in [3.8, 4) is 18.4 Å². The fourth-order valence-electron chi connectivity index (χ4n) is 0.868. The van der Waals surface area contributed by atoms with Gasteiger partial charge in [-0.25, -0.2) is 0 Å². The predicted molar refractivity (Wildman–Crippen MR) is 66.0 cm³/mol. The lowest BCUT2D eigenvalue weighted by Crippen LogP contribution is -2.09. The van der Waals surface area contributed by atoms with E-state index >= 15 is 0 Å². The summed E-state index contributed by atoms with van der Waals surface area (Å²) in [5.41, 5.74) is 0. The van der Waals surface area contributed by atoms with Crippen LogP contribution in [0.3, 0.4) is 0 Å². The number of methoxy groups -OCH3 is 1. The first-order valence-electron chi connectivity index (χ1n) is 4.47. The Hall–Kier alpha value is -1.19. The van der Waals surface area contributed by atoms with Gasteiger partial charge in [0.05, 0.1) is 12.9 Å². The van der Waals surface area contributed by atoms with Crippen LogP contribution in [0.15, 0.2) is 0 Å². The van der Waals surface area contributed by atoms with E-state index in [9.17, 15) is 0 Å². The number of rotatable bonds is 6. The largest absolute Gasteiger partial charge is 0.467 e. The number of terminal acetylenes is 1. The molecule has 0 aliphatic heterocycles. The molecular formula is C9H11ClN4OS. The number of hydrogen-bond acceptors (Lipinski definition) is 6. The Morgan fingerprint density at radius 1 is 1.50 bits per heavy atom. The molecule has 7 heteroatoms. The summed E-state index contributed by atoms with van der Waals surface area (Å²) in [6.45, 7) is 0.704. The summed E-state index contributed by atoms with van der Waals surface area (Å²) in [5.74, 6) is 4.52. The van der Waals surface area contributed by atoms with E-state index in [0.29, 0.717) is 18.2 Å². The Morgan fingerprint density at radius 2 is 2.31 bits per heavy atom. The summed E-state index contributed by atoms with van der Waals surface area (Å²) in [5, 5.41) is 3.11. The molecule has 0 spiro atoms. The van der Waals surface area contributed by atoms with Crippen LogP contribution in [0, 0.1) is 12.3 Å². The van der Waals surface area contributed by atoms with E-state index in [1.54, 1.807) is 11.8 Å². The summed E-state index contributed by atoms with van der Waals surface area (Å²) in [6, 6.07) is 0.193. The third-order valence-electron chi connectivity index (χ3n) is 1.49. The lowest BCUT2D eigenvalue weighted by Gasteiger charge is -2.05. The molecule has 0 atom stereocenters. The highest BCUT2D eigenvalue weighted by Gasteiger charge is 2.03. The predicted octanol–water partition coefficient (Wildman–Crippen LogP) is 1.31. The molecule has 86 valence electrons. The van der Waals surface area contributed by atoms with Gasteiger partial charge in [-0.15, -0.1) is 18.2 Å². The van der Waals surface area contributed by atoms with Crippen molar-refractivity contribution < 1.29 is 4.74 Å². The van der Waals surface area contributed by atoms with E-state index in [2.05, 4.69) is 26.2 Å². The molecule has 0 fully saturated rings. The average molecular weight is 259 g/mol. The molecule has 0 aromatic carbocycles. The van der Waals surface area contributed by atoms with Gasteiger partial charge in [0.25, 0.3) is 0 Å². The van der Waals surface area contributed by atoms with Crippen molar-refractivity contribution in [1.29, 1.82) is 0 Å². The third kappa shape index (κ3) is 4.55. The Morgan fingerprint density at radius 3 is 3.00 bits per heavy atom. The highest BCUT2D eigenvalue weighted by Crippen LogP contribution is 2.10. The Labute approximate surface area is 103 Å².